The zero-order valence-electron chi connectivity index (χ0n) is 13.7. The van der Waals surface area contributed by atoms with E-state index in [4.69, 9.17) is 21.4 Å². The lowest BCUT2D eigenvalue weighted by Crippen LogP contribution is -2.41. The highest BCUT2D eigenvalue weighted by Crippen LogP contribution is 2.15. The van der Waals surface area contributed by atoms with Gasteiger partial charge in [0.1, 0.15) is 12.6 Å². The highest BCUT2D eigenvalue weighted by Gasteiger charge is 2.20. The van der Waals surface area contributed by atoms with E-state index in [1.165, 1.54) is 0 Å². The predicted molar refractivity (Wildman–Crippen MR) is 93.3 cm³/mol. The maximum Gasteiger partial charge on any atom is 0.408 e. The molecule has 7 nitrogen and oxygen atoms in total. The molecule has 0 saturated heterocycles. The van der Waals surface area contributed by atoms with Crippen LogP contribution in [0.1, 0.15) is 24.8 Å². The molecule has 0 bridgehead atoms. The lowest BCUT2D eigenvalue weighted by Gasteiger charge is -2.15. The van der Waals surface area contributed by atoms with E-state index in [0.29, 0.717) is 30.0 Å². The first-order valence-corrected chi connectivity index (χ1v) is 8.11. The van der Waals surface area contributed by atoms with Crippen LogP contribution in [-0.4, -0.2) is 35.7 Å². The van der Waals surface area contributed by atoms with Crippen LogP contribution in [0.15, 0.2) is 36.9 Å². The Kier molecular flexibility index (Phi) is 9.10. The molecule has 1 atom stereocenters. The Labute approximate surface area is 151 Å². The third-order valence-corrected chi connectivity index (χ3v) is 3.68. The molecule has 8 heteroatoms. The molecular formula is C17H21ClN2O5. The molecular weight excluding hydrogens is 348 g/mol. The summed E-state index contributed by atoms with van der Waals surface area (Å²) >= 11 is 5.95. The zero-order valence-corrected chi connectivity index (χ0v) is 14.4. The van der Waals surface area contributed by atoms with E-state index in [1.54, 1.807) is 24.3 Å². The maximum absolute atomic E-state index is 11.8. The molecule has 2 amide bonds. The molecule has 0 fully saturated rings. The third kappa shape index (κ3) is 8.21. The van der Waals surface area contributed by atoms with Crippen molar-refractivity contribution in [1.29, 1.82) is 0 Å². The second kappa shape index (κ2) is 11.1. The zero-order chi connectivity index (χ0) is 18.7. The molecule has 1 aromatic carbocycles. The molecule has 0 radical (unpaired) electrons. The van der Waals surface area contributed by atoms with Gasteiger partial charge in [0.2, 0.25) is 5.91 Å². The number of halogens is 1. The number of ether oxygens (including phenoxy) is 1. The van der Waals surface area contributed by atoms with Gasteiger partial charge in [0.25, 0.3) is 0 Å². The minimum absolute atomic E-state index is 0.0502. The Morgan fingerprint density at radius 2 is 2.00 bits per heavy atom. The fraction of sp³-hybridized carbons (Fsp3) is 0.353. The van der Waals surface area contributed by atoms with Crippen molar-refractivity contribution in [3.05, 3.63) is 47.5 Å². The van der Waals surface area contributed by atoms with Gasteiger partial charge in [-0.15, -0.1) is 0 Å². The van der Waals surface area contributed by atoms with Crippen molar-refractivity contribution in [3.63, 3.8) is 0 Å². The summed E-state index contributed by atoms with van der Waals surface area (Å²) < 4.78 is 5.00. The first kappa shape index (κ1) is 20.5. The van der Waals surface area contributed by atoms with Crippen LogP contribution >= 0.6 is 11.6 Å². The van der Waals surface area contributed by atoms with Gasteiger partial charge < -0.3 is 20.5 Å². The summed E-state index contributed by atoms with van der Waals surface area (Å²) in [5.74, 6) is -1.43. The summed E-state index contributed by atoms with van der Waals surface area (Å²) in [5.41, 5.74) is 0.629. The van der Waals surface area contributed by atoms with Gasteiger partial charge in [-0.25, -0.2) is 9.59 Å². The number of rotatable bonds is 10. The number of carbonyl (C=O) groups is 3. The summed E-state index contributed by atoms with van der Waals surface area (Å²) in [6.07, 6.45) is 1.66. The smallest absolute Gasteiger partial charge is 0.408 e. The first-order chi connectivity index (χ1) is 11.9. The SMILES string of the molecule is C=CC(=O)NCCCC[C@H](NC(=O)OCc1ccccc1Cl)C(=O)O. The number of unbranched alkanes of at least 4 members (excludes halogenated alkanes) is 1. The Bertz CT molecular complexity index is 621. The minimum atomic E-state index is -1.15. The number of hydrogen-bond acceptors (Lipinski definition) is 4. The summed E-state index contributed by atoms with van der Waals surface area (Å²) in [6, 6.07) is 5.83. The minimum Gasteiger partial charge on any atom is -0.480 e. The van der Waals surface area contributed by atoms with Crippen LogP contribution in [0.3, 0.4) is 0 Å². The summed E-state index contributed by atoms with van der Waals surface area (Å²) in [4.78, 5) is 33.9. The lowest BCUT2D eigenvalue weighted by molar-refractivity contribution is -0.139. The summed E-state index contributed by atoms with van der Waals surface area (Å²) in [7, 11) is 0. The van der Waals surface area contributed by atoms with Crippen molar-refractivity contribution in [3.8, 4) is 0 Å². The van der Waals surface area contributed by atoms with Gasteiger partial charge in [-0.3, -0.25) is 4.79 Å². The number of amides is 2. The van der Waals surface area contributed by atoms with Gasteiger partial charge in [-0.1, -0.05) is 36.4 Å². The van der Waals surface area contributed by atoms with Crippen LogP contribution in [0.4, 0.5) is 4.79 Å². The van der Waals surface area contributed by atoms with Crippen molar-refractivity contribution in [1.82, 2.24) is 10.6 Å². The number of carboxylic acids is 1. The molecule has 0 saturated carbocycles. The van der Waals surface area contributed by atoms with E-state index in [0.717, 1.165) is 6.08 Å². The molecule has 0 aliphatic heterocycles. The second-order valence-corrected chi connectivity index (χ2v) is 5.60. The summed E-state index contributed by atoms with van der Waals surface area (Å²) in [6.45, 7) is 3.69. The van der Waals surface area contributed by atoms with E-state index in [-0.39, 0.29) is 18.9 Å². The predicted octanol–water partition coefficient (Wildman–Crippen LogP) is 2.49. The Morgan fingerprint density at radius 3 is 2.64 bits per heavy atom. The van der Waals surface area contributed by atoms with Crippen molar-refractivity contribution in [2.75, 3.05) is 6.54 Å². The van der Waals surface area contributed by atoms with Gasteiger partial charge in [-0.2, -0.15) is 0 Å². The number of benzene rings is 1. The molecule has 136 valence electrons. The average molecular weight is 369 g/mol. The number of carboxylic acid groups (broad SMARTS) is 1. The topological polar surface area (TPSA) is 105 Å². The Morgan fingerprint density at radius 1 is 1.28 bits per heavy atom. The number of aliphatic carboxylic acids is 1. The highest BCUT2D eigenvalue weighted by molar-refractivity contribution is 6.31. The van der Waals surface area contributed by atoms with Gasteiger partial charge in [-0.05, 0) is 31.4 Å². The number of carbonyl (C=O) groups excluding carboxylic acids is 2. The molecule has 0 spiro atoms. The first-order valence-electron chi connectivity index (χ1n) is 7.73. The van der Waals surface area contributed by atoms with E-state index in [2.05, 4.69) is 17.2 Å². The van der Waals surface area contributed by atoms with Gasteiger partial charge in [0.05, 0.1) is 0 Å². The standard InChI is InChI=1S/C17H21ClN2O5/c1-2-15(21)19-10-6-5-9-14(16(22)23)20-17(24)25-11-12-7-3-4-8-13(12)18/h2-4,7-8,14H,1,5-6,9-11H2,(H,19,21)(H,20,24)(H,22,23)/t14-/m0/s1. The molecule has 0 unspecified atom stereocenters. The molecule has 1 rings (SSSR count). The fourth-order valence-electron chi connectivity index (χ4n) is 1.96. The quantitative estimate of drug-likeness (QED) is 0.434. The average Bonchev–Trinajstić information content (AvgIpc) is 2.59. The van der Waals surface area contributed by atoms with E-state index < -0.39 is 18.1 Å². The van der Waals surface area contributed by atoms with Crippen LogP contribution in [0.5, 0.6) is 0 Å². The highest BCUT2D eigenvalue weighted by atomic mass is 35.5. The lowest BCUT2D eigenvalue weighted by atomic mass is 10.1. The Balaban J connectivity index is 2.34. The number of alkyl carbamates (subject to hydrolysis) is 1. The van der Waals surface area contributed by atoms with Crippen LogP contribution in [0, 0.1) is 0 Å². The molecule has 0 aromatic heterocycles. The molecule has 0 aliphatic rings. The molecule has 25 heavy (non-hydrogen) atoms. The van der Waals surface area contributed by atoms with Gasteiger partial charge in [0.15, 0.2) is 0 Å². The van der Waals surface area contributed by atoms with E-state index in [1.807, 2.05) is 0 Å². The van der Waals surface area contributed by atoms with Crippen molar-refractivity contribution >= 4 is 29.6 Å². The number of nitrogens with one attached hydrogen (secondary N) is 2. The molecule has 0 heterocycles. The van der Waals surface area contributed by atoms with Crippen molar-refractivity contribution in [2.24, 2.45) is 0 Å². The largest absolute Gasteiger partial charge is 0.480 e. The Hall–Kier alpha value is -2.54. The van der Waals surface area contributed by atoms with Crippen LogP contribution in [0.25, 0.3) is 0 Å². The summed E-state index contributed by atoms with van der Waals surface area (Å²) in [5, 5.41) is 14.5. The molecule has 1 aromatic rings. The molecule has 0 aliphatic carbocycles. The van der Waals surface area contributed by atoms with Gasteiger partial charge >= 0.3 is 12.1 Å². The maximum atomic E-state index is 11.8. The van der Waals surface area contributed by atoms with Crippen LogP contribution in [0.2, 0.25) is 5.02 Å². The van der Waals surface area contributed by atoms with Crippen molar-refractivity contribution in [2.45, 2.75) is 31.9 Å². The number of hydrogen-bond donors (Lipinski definition) is 3. The third-order valence-electron chi connectivity index (χ3n) is 3.31. The van der Waals surface area contributed by atoms with Gasteiger partial charge in [0, 0.05) is 17.1 Å². The fourth-order valence-corrected chi connectivity index (χ4v) is 2.15. The van der Waals surface area contributed by atoms with Crippen molar-refractivity contribution < 1.29 is 24.2 Å². The van der Waals surface area contributed by atoms with E-state index in [9.17, 15) is 14.4 Å². The van der Waals surface area contributed by atoms with E-state index >= 15 is 0 Å². The van der Waals surface area contributed by atoms with Crippen LogP contribution in [-0.2, 0) is 20.9 Å². The normalized spacial score (nSPS) is 11.2. The monoisotopic (exact) mass is 368 g/mol. The second-order valence-electron chi connectivity index (χ2n) is 5.19. The molecule has 3 N–H and O–H groups in total. The van der Waals surface area contributed by atoms with Crippen LogP contribution < -0.4 is 10.6 Å².